The van der Waals surface area contributed by atoms with Crippen LogP contribution in [0.2, 0.25) is 0 Å². The standard InChI is InChI=1S/C16H19BrN2O/c1-4-19-10-12(17)9-15(19)16(20)18-14-8-6-5-7-13(14)11(2)3/h5-11H,4H2,1-3H3,(H,18,20). The van der Waals surface area contributed by atoms with Gasteiger partial charge in [-0.15, -0.1) is 0 Å². The molecule has 1 amide bonds. The number of anilines is 1. The van der Waals surface area contributed by atoms with E-state index in [0.29, 0.717) is 11.6 Å². The van der Waals surface area contributed by atoms with Gasteiger partial charge in [0.2, 0.25) is 0 Å². The third kappa shape index (κ3) is 3.12. The highest BCUT2D eigenvalue weighted by molar-refractivity contribution is 9.10. The maximum absolute atomic E-state index is 12.4. The Kier molecular flexibility index (Phi) is 4.65. The summed E-state index contributed by atoms with van der Waals surface area (Å²) in [7, 11) is 0. The topological polar surface area (TPSA) is 34.0 Å². The van der Waals surface area contributed by atoms with Crippen molar-refractivity contribution < 1.29 is 4.79 Å². The number of carbonyl (C=O) groups excluding carboxylic acids is 1. The minimum atomic E-state index is -0.0781. The average Bonchev–Trinajstić information content (AvgIpc) is 2.80. The lowest BCUT2D eigenvalue weighted by Gasteiger charge is -2.14. The normalized spacial score (nSPS) is 10.8. The van der Waals surface area contributed by atoms with Gasteiger partial charge in [0.1, 0.15) is 5.69 Å². The van der Waals surface area contributed by atoms with E-state index in [9.17, 15) is 4.79 Å². The van der Waals surface area contributed by atoms with Crippen molar-refractivity contribution in [3.8, 4) is 0 Å². The van der Waals surface area contributed by atoms with Crippen LogP contribution < -0.4 is 5.32 Å². The Morgan fingerprint density at radius 3 is 2.70 bits per heavy atom. The lowest BCUT2D eigenvalue weighted by Crippen LogP contribution is -2.17. The first-order valence-electron chi connectivity index (χ1n) is 6.78. The van der Waals surface area contributed by atoms with Crippen molar-refractivity contribution in [1.29, 1.82) is 0 Å². The zero-order valence-electron chi connectivity index (χ0n) is 12.0. The number of aryl methyl sites for hydroxylation is 1. The minimum Gasteiger partial charge on any atom is -0.343 e. The third-order valence-electron chi connectivity index (χ3n) is 3.27. The van der Waals surface area contributed by atoms with Crippen LogP contribution in [0.4, 0.5) is 5.69 Å². The maximum Gasteiger partial charge on any atom is 0.272 e. The molecule has 0 radical (unpaired) electrons. The van der Waals surface area contributed by atoms with Gasteiger partial charge in [0.25, 0.3) is 5.91 Å². The van der Waals surface area contributed by atoms with Crippen LogP contribution >= 0.6 is 15.9 Å². The van der Waals surface area contributed by atoms with Gasteiger partial charge in [-0.25, -0.2) is 0 Å². The van der Waals surface area contributed by atoms with Crippen LogP contribution in [0.3, 0.4) is 0 Å². The maximum atomic E-state index is 12.4. The number of hydrogen-bond acceptors (Lipinski definition) is 1. The molecule has 0 unspecified atom stereocenters. The monoisotopic (exact) mass is 334 g/mol. The number of para-hydroxylation sites is 1. The Balaban J connectivity index is 2.28. The molecule has 3 nitrogen and oxygen atoms in total. The van der Waals surface area contributed by atoms with Gasteiger partial charge in [-0.05, 0) is 46.5 Å². The first-order valence-corrected chi connectivity index (χ1v) is 7.58. The summed E-state index contributed by atoms with van der Waals surface area (Å²) in [6, 6.07) is 9.78. The Morgan fingerprint density at radius 2 is 2.05 bits per heavy atom. The summed E-state index contributed by atoms with van der Waals surface area (Å²) >= 11 is 3.41. The van der Waals surface area contributed by atoms with Crippen molar-refractivity contribution in [1.82, 2.24) is 4.57 Å². The SMILES string of the molecule is CCn1cc(Br)cc1C(=O)Nc1ccccc1C(C)C. The molecule has 1 aromatic heterocycles. The van der Waals surface area contributed by atoms with E-state index in [2.05, 4.69) is 41.2 Å². The Morgan fingerprint density at radius 1 is 1.35 bits per heavy atom. The predicted octanol–water partition coefficient (Wildman–Crippen LogP) is 4.65. The van der Waals surface area contributed by atoms with Gasteiger partial charge in [0.05, 0.1) is 0 Å². The van der Waals surface area contributed by atoms with Crippen LogP contribution in [0.15, 0.2) is 41.0 Å². The number of carbonyl (C=O) groups is 1. The average molecular weight is 335 g/mol. The summed E-state index contributed by atoms with van der Waals surface area (Å²) in [5.41, 5.74) is 2.69. The molecule has 1 heterocycles. The van der Waals surface area contributed by atoms with E-state index in [0.717, 1.165) is 22.3 Å². The summed E-state index contributed by atoms with van der Waals surface area (Å²) in [6.07, 6.45) is 1.92. The second-order valence-electron chi connectivity index (χ2n) is 5.03. The fourth-order valence-electron chi connectivity index (χ4n) is 2.23. The highest BCUT2D eigenvalue weighted by Crippen LogP contribution is 2.24. The number of amides is 1. The number of halogens is 1. The molecule has 106 valence electrons. The van der Waals surface area contributed by atoms with E-state index >= 15 is 0 Å². The Labute approximate surface area is 128 Å². The summed E-state index contributed by atoms with van der Waals surface area (Å²) in [5.74, 6) is 0.293. The summed E-state index contributed by atoms with van der Waals surface area (Å²) in [4.78, 5) is 12.4. The number of hydrogen-bond donors (Lipinski definition) is 1. The molecule has 2 rings (SSSR count). The molecule has 20 heavy (non-hydrogen) atoms. The van der Waals surface area contributed by atoms with Crippen LogP contribution in [0.5, 0.6) is 0 Å². The first-order chi connectivity index (χ1) is 9.52. The number of benzene rings is 1. The predicted molar refractivity (Wildman–Crippen MR) is 86.3 cm³/mol. The van der Waals surface area contributed by atoms with E-state index in [1.807, 2.05) is 42.0 Å². The molecular weight excluding hydrogens is 316 g/mol. The van der Waals surface area contributed by atoms with Crippen molar-refractivity contribution in [2.45, 2.75) is 33.2 Å². The molecule has 0 aliphatic carbocycles. The van der Waals surface area contributed by atoms with Gasteiger partial charge < -0.3 is 9.88 Å². The number of nitrogens with zero attached hydrogens (tertiary/aromatic N) is 1. The first kappa shape index (κ1) is 14.9. The summed E-state index contributed by atoms with van der Waals surface area (Å²) < 4.78 is 2.85. The Bertz CT molecular complexity index is 617. The molecule has 0 spiro atoms. The molecule has 0 aliphatic heterocycles. The van der Waals surface area contributed by atoms with Gasteiger partial charge in [0, 0.05) is 22.9 Å². The van der Waals surface area contributed by atoms with E-state index in [1.54, 1.807) is 0 Å². The quantitative estimate of drug-likeness (QED) is 0.867. The second-order valence-corrected chi connectivity index (χ2v) is 5.94. The largest absolute Gasteiger partial charge is 0.343 e. The molecule has 4 heteroatoms. The fourth-order valence-corrected chi connectivity index (χ4v) is 2.69. The smallest absolute Gasteiger partial charge is 0.272 e. The molecule has 0 saturated carbocycles. The molecule has 0 aliphatic rings. The molecule has 0 fully saturated rings. The van der Waals surface area contributed by atoms with Gasteiger partial charge in [-0.2, -0.15) is 0 Å². The van der Waals surface area contributed by atoms with Gasteiger partial charge in [-0.1, -0.05) is 32.0 Å². The van der Waals surface area contributed by atoms with Crippen LogP contribution in [0.1, 0.15) is 42.7 Å². The molecule has 0 bridgehead atoms. The van der Waals surface area contributed by atoms with Gasteiger partial charge in [-0.3, -0.25) is 4.79 Å². The van der Waals surface area contributed by atoms with Crippen molar-refractivity contribution >= 4 is 27.5 Å². The fraction of sp³-hybridized carbons (Fsp3) is 0.312. The van der Waals surface area contributed by atoms with Crippen molar-refractivity contribution in [2.24, 2.45) is 0 Å². The van der Waals surface area contributed by atoms with E-state index < -0.39 is 0 Å². The molecule has 0 saturated heterocycles. The van der Waals surface area contributed by atoms with E-state index in [4.69, 9.17) is 0 Å². The molecule has 2 aromatic rings. The summed E-state index contributed by atoms with van der Waals surface area (Å²) in [5, 5.41) is 3.02. The van der Waals surface area contributed by atoms with Crippen LogP contribution in [-0.2, 0) is 6.54 Å². The lowest BCUT2D eigenvalue weighted by molar-refractivity contribution is 0.101. The Hall–Kier alpha value is -1.55. The zero-order chi connectivity index (χ0) is 14.7. The molecule has 1 aromatic carbocycles. The van der Waals surface area contributed by atoms with Gasteiger partial charge in [0.15, 0.2) is 0 Å². The van der Waals surface area contributed by atoms with E-state index in [-0.39, 0.29) is 5.91 Å². The second kappa shape index (κ2) is 6.27. The van der Waals surface area contributed by atoms with Crippen molar-refractivity contribution in [2.75, 3.05) is 5.32 Å². The van der Waals surface area contributed by atoms with Gasteiger partial charge >= 0.3 is 0 Å². The number of rotatable bonds is 4. The summed E-state index contributed by atoms with van der Waals surface area (Å²) in [6.45, 7) is 7.03. The minimum absolute atomic E-state index is 0.0781. The number of nitrogens with one attached hydrogen (secondary N) is 1. The van der Waals surface area contributed by atoms with Crippen LogP contribution in [0.25, 0.3) is 0 Å². The van der Waals surface area contributed by atoms with Crippen LogP contribution in [-0.4, -0.2) is 10.5 Å². The zero-order valence-corrected chi connectivity index (χ0v) is 13.6. The molecule has 0 atom stereocenters. The van der Waals surface area contributed by atoms with Crippen molar-refractivity contribution in [3.63, 3.8) is 0 Å². The highest BCUT2D eigenvalue weighted by Gasteiger charge is 2.14. The lowest BCUT2D eigenvalue weighted by atomic mass is 10.0. The number of aromatic nitrogens is 1. The van der Waals surface area contributed by atoms with Crippen molar-refractivity contribution in [3.05, 3.63) is 52.3 Å². The van der Waals surface area contributed by atoms with Crippen LogP contribution in [0, 0.1) is 0 Å². The highest BCUT2D eigenvalue weighted by atomic mass is 79.9. The molecular formula is C16H19BrN2O. The van der Waals surface area contributed by atoms with E-state index in [1.165, 1.54) is 0 Å². The molecule has 1 N–H and O–H groups in total. The third-order valence-corrected chi connectivity index (χ3v) is 3.70.